The summed E-state index contributed by atoms with van der Waals surface area (Å²) in [5.74, 6) is 2.48. The lowest BCUT2D eigenvalue weighted by Gasteiger charge is -2.31. The normalized spacial score (nSPS) is 16.4. The fourth-order valence-electron chi connectivity index (χ4n) is 4.21. The van der Waals surface area contributed by atoms with Gasteiger partial charge in [0.05, 0.1) is 6.61 Å². The smallest absolute Gasteiger partial charge is 0.232 e. The Morgan fingerprint density at radius 2 is 1.71 bits per heavy atom. The minimum absolute atomic E-state index is 0.514. The van der Waals surface area contributed by atoms with Crippen molar-refractivity contribution in [1.82, 2.24) is 15.3 Å². The third-order valence-electron chi connectivity index (χ3n) is 5.90. The van der Waals surface area contributed by atoms with Crippen LogP contribution in [0.1, 0.15) is 36.8 Å². The zero-order valence-corrected chi connectivity index (χ0v) is 19.1. The number of hydrogen-bond acceptors (Lipinski definition) is 6. The Bertz CT molecular complexity index is 884. The Hall–Kier alpha value is -2.45. The lowest BCUT2D eigenvalue weighted by Crippen LogP contribution is -2.34. The van der Waals surface area contributed by atoms with Crippen molar-refractivity contribution in [1.29, 1.82) is 0 Å². The van der Waals surface area contributed by atoms with Gasteiger partial charge in [0.25, 0.3) is 0 Å². The molecule has 0 aliphatic carbocycles. The van der Waals surface area contributed by atoms with Crippen molar-refractivity contribution in [2.45, 2.75) is 38.6 Å². The number of ether oxygens (including phenoxy) is 1. The first-order valence-corrected chi connectivity index (χ1v) is 11.6. The predicted molar refractivity (Wildman–Crippen MR) is 130 cm³/mol. The molecule has 2 N–H and O–H groups in total. The number of aromatic nitrogens is 2. The number of nitrogens with one attached hydrogen (secondary N) is 2. The molecule has 8 heteroatoms. The summed E-state index contributed by atoms with van der Waals surface area (Å²) in [6, 6.07) is 10.8. The molecule has 0 bridgehead atoms. The number of anilines is 3. The average molecular weight is 441 g/mol. The zero-order chi connectivity index (χ0) is 21.5. The van der Waals surface area contributed by atoms with Crippen LogP contribution in [0, 0.1) is 0 Å². The highest BCUT2D eigenvalue weighted by atomic mass is 32.1. The van der Waals surface area contributed by atoms with Gasteiger partial charge in [-0.25, -0.2) is 0 Å². The summed E-state index contributed by atoms with van der Waals surface area (Å²) >= 11 is 5.44. The number of methoxy groups -OCH3 is 1. The van der Waals surface area contributed by atoms with Gasteiger partial charge in [0.1, 0.15) is 11.6 Å². The molecule has 3 heterocycles. The monoisotopic (exact) mass is 440 g/mol. The van der Waals surface area contributed by atoms with Crippen LogP contribution in [0.15, 0.2) is 30.3 Å². The van der Waals surface area contributed by atoms with Crippen LogP contribution in [0.2, 0.25) is 0 Å². The Morgan fingerprint density at radius 1 is 1.00 bits per heavy atom. The molecular formula is C23H32N6OS. The van der Waals surface area contributed by atoms with Gasteiger partial charge < -0.3 is 25.2 Å². The molecule has 2 aliphatic heterocycles. The van der Waals surface area contributed by atoms with Crippen LogP contribution in [-0.4, -0.2) is 55.0 Å². The van der Waals surface area contributed by atoms with Crippen molar-refractivity contribution in [3.63, 3.8) is 0 Å². The lowest BCUT2D eigenvalue weighted by molar-refractivity contribution is 0.204. The number of nitrogens with zero attached hydrogens (tertiary/aromatic N) is 4. The number of thiocarbonyl (C=S) groups is 1. The maximum atomic E-state index is 5.44. The van der Waals surface area contributed by atoms with E-state index in [2.05, 4.69) is 50.8 Å². The van der Waals surface area contributed by atoms with Crippen LogP contribution in [0.4, 0.5) is 17.6 Å². The Balaban J connectivity index is 1.57. The molecule has 2 aliphatic rings. The summed E-state index contributed by atoms with van der Waals surface area (Å²) in [5.41, 5.74) is 2.80. The first-order chi connectivity index (χ1) is 15.2. The molecule has 0 amide bonds. The predicted octanol–water partition coefficient (Wildman–Crippen LogP) is 3.35. The molecule has 1 aromatic heterocycles. The number of fused-ring (bicyclic) bond motifs is 1. The molecule has 0 spiro atoms. The van der Waals surface area contributed by atoms with E-state index in [4.69, 9.17) is 26.9 Å². The van der Waals surface area contributed by atoms with Crippen LogP contribution >= 0.6 is 12.2 Å². The fourth-order valence-corrected chi connectivity index (χ4v) is 4.40. The number of hydrogen-bond donors (Lipinski definition) is 2. The second-order valence-corrected chi connectivity index (χ2v) is 8.53. The summed E-state index contributed by atoms with van der Waals surface area (Å²) in [4.78, 5) is 14.4. The second kappa shape index (κ2) is 10.7. The highest BCUT2D eigenvalue weighted by molar-refractivity contribution is 7.80. The van der Waals surface area contributed by atoms with Gasteiger partial charge >= 0.3 is 0 Å². The first-order valence-electron chi connectivity index (χ1n) is 11.2. The van der Waals surface area contributed by atoms with Gasteiger partial charge in [-0.1, -0.05) is 37.1 Å². The van der Waals surface area contributed by atoms with E-state index < -0.39 is 0 Å². The van der Waals surface area contributed by atoms with E-state index in [1.165, 1.54) is 36.8 Å². The molecule has 1 fully saturated rings. The van der Waals surface area contributed by atoms with Crippen molar-refractivity contribution in [2.75, 3.05) is 55.0 Å². The minimum atomic E-state index is 0.514. The van der Waals surface area contributed by atoms with E-state index in [1.807, 2.05) is 0 Å². The quantitative estimate of drug-likeness (QED) is 0.524. The standard InChI is InChI=1S/C23H32N6OS/c1-30-15-11-24-23(31)27-22-25-20(28-12-6-2-3-7-13-28)16-21(26-22)29-14-10-18-8-4-5-9-19(18)17-29/h4-5,8-9,16H,2-3,6-7,10-15,17H2,1H3,(H2,24,25,26,27,31). The topological polar surface area (TPSA) is 65.6 Å². The van der Waals surface area contributed by atoms with E-state index in [-0.39, 0.29) is 0 Å². The molecule has 0 saturated carbocycles. The minimum Gasteiger partial charge on any atom is -0.383 e. The Labute approximate surface area is 190 Å². The summed E-state index contributed by atoms with van der Waals surface area (Å²) in [5, 5.41) is 6.84. The van der Waals surface area contributed by atoms with Crippen molar-refractivity contribution in [2.24, 2.45) is 0 Å². The third-order valence-corrected chi connectivity index (χ3v) is 6.15. The van der Waals surface area contributed by atoms with Crippen LogP contribution in [0.3, 0.4) is 0 Å². The highest BCUT2D eigenvalue weighted by Gasteiger charge is 2.21. The van der Waals surface area contributed by atoms with Crippen molar-refractivity contribution < 1.29 is 4.74 Å². The van der Waals surface area contributed by atoms with Crippen molar-refractivity contribution >= 4 is 34.9 Å². The molecule has 166 valence electrons. The van der Waals surface area contributed by atoms with Gasteiger partial charge in [-0.2, -0.15) is 9.97 Å². The largest absolute Gasteiger partial charge is 0.383 e. The van der Waals surface area contributed by atoms with E-state index in [1.54, 1.807) is 7.11 Å². The van der Waals surface area contributed by atoms with Gasteiger partial charge in [0, 0.05) is 45.9 Å². The van der Waals surface area contributed by atoms with Gasteiger partial charge in [0.15, 0.2) is 5.11 Å². The van der Waals surface area contributed by atoms with Gasteiger partial charge in [-0.3, -0.25) is 0 Å². The first kappa shape index (κ1) is 21.8. The van der Waals surface area contributed by atoms with Gasteiger partial charge in [-0.15, -0.1) is 0 Å². The van der Waals surface area contributed by atoms with Gasteiger partial charge in [0.2, 0.25) is 5.95 Å². The zero-order valence-electron chi connectivity index (χ0n) is 18.3. The molecule has 1 aromatic carbocycles. The van der Waals surface area contributed by atoms with Crippen LogP contribution in [0.25, 0.3) is 0 Å². The Morgan fingerprint density at radius 3 is 2.45 bits per heavy atom. The summed E-state index contributed by atoms with van der Waals surface area (Å²) in [6.45, 7) is 5.12. The summed E-state index contributed by atoms with van der Waals surface area (Å²) < 4.78 is 5.09. The fraction of sp³-hybridized carbons (Fsp3) is 0.522. The maximum absolute atomic E-state index is 5.44. The van der Waals surface area contributed by atoms with Crippen LogP contribution < -0.4 is 20.4 Å². The molecule has 0 unspecified atom stereocenters. The lowest BCUT2D eigenvalue weighted by atomic mass is 10.00. The number of rotatable bonds is 6. The molecule has 31 heavy (non-hydrogen) atoms. The Kier molecular flexibility index (Phi) is 7.53. The molecule has 0 radical (unpaired) electrons. The van der Waals surface area contributed by atoms with E-state index in [9.17, 15) is 0 Å². The summed E-state index contributed by atoms with van der Waals surface area (Å²) in [7, 11) is 1.68. The molecule has 0 atom stereocenters. The SMILES string of the molecule is COCCNC(=S)Nc1nc(N2CCCCCC2)cc(N2CCc3ccccc3C2)n1. The van der Waals surface area contributed by atoms with Crippen molar-refractivity contribution in [3.8, 4) is 0 Å². The maximum Gasteiger partial charge on any atom is 0.232 e. The molecular weight excluding hydrogens is 408 g/mol. The molecule has 4 rings (SSSR count). The second-order valence-electron chi connectivity index (χ2n) is 8.12. The van der Waals surface area contributed by atoms with Crippen LogP contribution in [-0.2, 0) is 17.7 Å². The van der Waals surface area contributed by atoms with E-state index in [0.717, 1.165) is 44.2 Å². The highest BCUT2D eigenvalue weighted by Crippen LogP contribution is 2.28. The molecule has 1 saturated heterocycles. The molecule has 7 nitrogen and oxygen atoms in total. The molecule has 2 aromatic rings. The number of benzene rings is 1. The van der Waals surface area contributed by atoms with Gasteiger partial charge in [-0.05, 0) is 42.6 Å². The van der Waals surface area contributed by atoms with E-state index >= 15 is 0 Å². The average Bonchev–Trinajstić information content (AvgIpc) is 3.08. The van der Waals surface area contributed by atoms with Crippen LogP contribution in [0.5, 0.6) is 0 Å². The van der Waals surface area contributed by atoms with Crippen molar-refractivity contribution in [3.05, 3.63) is 41.5 Å². The third kappa shape index (κ3) is 5.83. The van der Waals surface area contributed by atoms with E-state index in [0.29, 0.717) is 24.2 Å². The summed E-state index contributed by atoms with van der Waals surface area (Å²) in [6.07, 6.45) is 6.01.